The van der Waals surface area contributed by atoms with Crippen molar-refractivity contribution < 1.29 is 33.0 Å². The van der Waals surface area contributed by atoms with Crippen molar-refractivity contribution in [1.82, 2.24) is 5.32 Å². The van der Waals surface area contributed by atoms with Crippen LogP contribution in [-0.2, 0) is 28.7 Å². The molecule has 1 aromatic rings. The van der Waals surface area contributed by atoms with E-state index in [2.05, 4.69) is 5.32 Å². The molecule has 0 saturated heterocycles. The van der Waals surface area contributed by atoms with Crippen molar-refractivity contribution in [3.63, 3.8) is 0 Å². The second-order valence-corrected chi connectivity index (χ2v) is 8.03. The number of carbonyl (C=O) groups is 2. The molecule has 10 heteroatoms. The lowest BCUT2D eigenvalue weighted by atomic mass is 9.87. The average Bonchev–Trinajstić information content (AvgIpc) is 2.59. The maximum atomic E-state index is 12.6. The predicted octanol–water partition coefficient (Wildman–Crippen LogP) is 3.42. The highest BCUT2D eigenvalue weighted by Crippen LogP contribution is 2.47. The molecule has 0 fully saturated rings. The van der Waals surface area contributed by atoms with E-state index < -0.39 is 31.2 Å². The predicted molar refractivity (Wildman–Crippen MR) is 101 cm³/mol. The fraction of sp³-hybridized carbons (Fsp3) is 0.529. The van der Waals surface area contributed by atoms with Gasteiger partial charge in [0.2, 0.25) is 5.91 Å². The van der Waals surface area contributed by atoms with E-state index in [1.165, 1.54) is 25.3 Å². The Kier molecular flexibility index (Phi) is 8.75. The Morgan fingerprint density at radius 1 is 1.22 bits per heavy atom. The average molecular weight is 422 g/mol. The van der Waals surface area contributed by atoms with E-state index in [1.54, 1.807) is 20.8 Å². The first kappa shape index (κ1) is 23.4. The van der Waals surface area contributed by atoms with Crippen LogP contribution in [0.2, 0.25) is 5.02 Å². The van der Waals surface area contributed by atoms with Crippen molar-refractivity contribution in [3.8, 4) is 5.75 Å². The molecule has 1 aromatic carbocycles. The van der Waals surface area contributed by atoms with Crippen molar-refractivity contribution >= 4 is 31.1 Å². The summed E-state index contributed by atoms with van der Waals surface area (Å²) in [7, 11) is -2.23. The third kappa shape index (κ3) is 5.69. The van der Waals surface area contributed by atoms with Crippen LogP contribution in [0, 0.1) is 0 Å². The zero-order valence-corrected chi connectivity index (χ0v) is 17.4. The van der Waals surface area contributed by atoms with Gasteiger partial charge in [0.25, 0.3) is 0 Å². The van der Waals surface area contributed by atoms with Crippen molar-refractivity contribution in [3.05, 3.63) is 28.8 Å². The normalized spacial score (nSPS) is 13.7. The third-order valence-corrected chi connectivity index (χ3v) is 6.15. The number of carboxylic acid groups (broad SMARTS) is 1. The number of nitrogens with one attached hydrogen (secondary N) is 1. The number of rotatable bonds is 11. The monoisotopic (exact) mass is 421 g/mol. The van der Waals surface area contributed by atoms with Crippen LogP contribution in [-0.4, -0.2) is 43.5 Å². The molecule has 2 N–H and O–H groups in total. The lowest BCUT2D eigenvalue weighted by Crippen LogP contribution is -2.52. The van der Waals surface area contributed by atoms with Gasteiger partial charge in [-0.1, -0.05) is 24.6 Å². The molecule has 1 atom stereocenters. The summed E-state index contributed by atoms with van der Waals surface area (Å²) in [5, 5.41) is 12.5. The van der Waals surface area contributed by atoms with Gasteiger partial charge in [-0.05, 0) is 38.0 Å². The Bertz CT molecular complexity index is 717. The van der Waals surface area contributed by atoms with Gasteiger partial charge >= 0.3 is 13.6 Å². The molecule has 152 valence electrons. The SMILES string of the molecule is CCOP(=O)(CC(=O)NC(CC)(C(=O)O)c1ccc(OC)c(Cl)c1)OCC. The fourth-order valence-electron chi connectivity index (χ4n) is 2.60. The lowest BCUT2D eigenvalue weighted by molar-refractivity contribution is -0.148. The van der Waals surface area contributed by atoms with Crippen LogP contribution in [0.1, 0.15) is 32.8 Å². The number of benzene rings is 1. The van der Waals surface area contributed by atoms with Crippen molar-refractivity contribution in [1.29, 1.82) is 0 Å². The molecule has 27 heavy (non-hydrogen) atoms. The van der Waals surface area contributed by atoms with Gasteiger partial charge in [-0.25, -0.2) is 4.79 Å². The van der Waals surface area contributed by atoms with Gasteiger partial charge in [-0.2, -0.15) is 0 Å². The quantitative estimate of drug-likeness (QED) is 0.526. The molecular formula is C17H25ClNO7P. The summed E-state index contributed by atoms with van der Waals surface area (Å²) in [5.41, 5.74) is -1.49. The topological polar surface area (TPSA) is 111 Å². The van der Waals surface area contributed by atoms with Gasteiger partial charge in [0.1, 0.15) is 11.9 Å². The highest BCUT2D eigenvalue weighted by Gasteiger charge is 2.42. The van der Waals surface area contributed by atoms with Gasteiger partial charge < -0.3 is 24.2 Å². The molecular weight excluding hydrogens is 397 g/mol. The summed E-state index contributed by atoms with van der Waals surface area (Å²) >= 11 is 6.11. The van der Waals surface area contributed by atoms with Crippen molar-refractivity contribution in [2.75, 3.05) is 26.5 Å². The van der Waals surface area contributed by atoms with E-state index in [4.69, 9.17) is 25.4 Å². The van der Waals surface area contributed by atoms with Crippen LogP contribution in [0.4, 0.5) is 0 Å². The second kappa shape index (κ2) is 10.1. The van der Waals surface area contributed by atoms with Gasteiger partial charge in [0, 0.05) is 0 Å². The van der Waals surface area contributed by atoms with Crippen LogP contribution >= 0.6 is 19.2 Å². The van der Waals surface area contributed by atoms with E-state index in [0.29, 0.717) is 5.75 Å². The largest absolute Gasteiger partial charge is 0.495 e. The number of ether oxygens (including phenoxy) is 1. The van der Waals surface area contributed by atoms with Crippen LogP contribution in [0.15, 0.2) is 18.2 Å². The van der Waals surface area contributed by atoms with Crippen LogP contribution in [0.5, 0.6) is 5.75 Å². The zero-order valence-electron chi connectivity index (χ0n) is 15.8. The van der Waals surface area contributed by atoms with Gasteiger partial charge in [0.15, 0.2) is 5.54 Å². The van der Waals surface area contributed by atoms with E-state index >= 15 is 0 Å². The summed E-state index contributed by atoms with van der Waals surface area (Å²) in [5.74, 6) is -1.67. The molecule has 0 aromatic heterocycles. The van der Waals surface area contributed by atoms with E-state index in [-0.39, 0.29) is 30.2 Å². The Balaban J connectivity index is 3.21. The Morgan fingerprint density at radius 3 is 2.22 bits per heavy atom. The summed E-state index contributed by atoms with van der Waals surface area (Å²) < 4.78 is 27.8. The Labute approximate surface area is 163 Å². The molecule has 0 aliphatic carbocycles. The van der Waals surface area contributed by atoms with Gasteiger partial charge in [-0.3, -0.25) is 9.36 Å². The number of hydrogen-bond acceptors (Lipinski definition) is 6. The van der Waals surface area contributed by atoms with E-state index in [1.807, 2.05) is 0 Å². The minimum absolute atomic E-state index is 0.0320. The standard InChI is InChI=1S/C17H25ClNO7P/c1-5-17(16(21)22,12-8-9-14(24-4)13(18)10-12)19-15(20)11-27(23,25-6-2)26-7-3/h8-10H,5-7,11H2,1-4H3,(H,19,20)(H,21,22). The first-order chi connectivity index (χ1) is 12.7. The molecule has 0 bridgehead atoms. The number of halogens is 1. The number of amides is 1. The first-order valence-corrected chi connectivity index (χ1v) is 10.5. The van der Waals surface area contributed by atoms with Crippen LogP contribution < -0.4 is 10.1 Å². The van der Waals surface area contributed by atoms with E-state index in [9.17, 15) is 19.3 Å². The summed E-state index contributed by atoms with van der Waals surface area (Å²) in [6.07, 6.45) is -0.558. The number of methoxy groups -OCH3 is 1. The van der Waals surface area contributed by atoms with E-state index in [0.717, 1.165) is 0 Å². The lowest BCUT2D eigenvalue weighted by Gasteiger charge is -2.31. The second-order valence-electron chi connectivity index (χ2n) is 5.57. The molecule has 0 aliphatic heterocycles. The van der Waals surface area contributed by atoms with Gasteiger partial charge in [-0.15, -0.1) is 0 Å². The molecule has 8 nitrogen and oxygen atoms in total. The molecule has 1 amide bonds. The number of carbonyl (C=O) groups excluding carboxylic acids is 1. The summed E-state index contributed by atoms with van der Waals surface area (Å²) in [4.78, 5) is 24.6. The fourth-order valence-corrected chi connectivity index (χ4v) is 4.33. The highest BCUT2D eigenvalue weighted by atomic mass is 35.5. The maximum absolute atomic E-state index is 12.6. The zero-order chi connectivity index (χ0) is 20.7. The number of hydrogen-bond donors (Lipinski definition) is 2. The number of aliphatic carboxylic acids is 1. The molecule has 0 aliphatic rings. The van der Waals surface area contributed by atoms with Gasteiger partial charge in [0.05, 0.1) is 25.3 Å². The minimum Gasteiger partial charge on any atom is -0.495 e. The maximum Gasteiger partial charge on any atom is 0.340 e. The third-order valence-electron chi connectivity index (χ3n) is 3.88. The molecule has 0 saturated carbocycles. The van der Waals surface area contributed by atoms with Crippen molar-refractivity contribution in [2.45, 2.75) is 32.7 Å². The van der Waals surface area contributed by atoms with Crippen LogP contribution in [0.3, 0.4) is 0 Å². The molecule has 1 rings (SSSR count). The smallest absolute Gasteiger partial charge is 0.340 e. The molecule has 1 unspecified atom stereocenters. The minimum atomic E-state index is -3.67. The highest BCUT2D eigenvalue weighted by molar-refractivity contribution is 7.54. The summed E-state index contributed by atoms with van der Waals surface area (Å²) in [6.45, 7) is 5.04. The number of carboxylic acids is 1. The Morgan fingerprint density at radius 2 is 1.81 bits per heavy atom. The molecule has 0 spiro atoms. The van der Waals surface area contributed by atoms with Crippen LogP contribution in [0.25, 0.3) is 0 Å². The molecule has 0 heterocycles. The van der Waals surface area contributed by atoms with Crippen molar-refractivity contribution in [2.24, 2.45) is 0 Å². The molecule has 0 radical (unpaired) electrons. The summed E-state index contributed by atoms with van der Waals surface area (Å²) in [6, 6.07) is 4.44. The first-order valence-electron chi connectivity index (χ1n) is 8.44. The Hall–Kier alpha value is -1.60.